The zero-order chi connectivity index (χ0) is 34.0. The molecule has 1 aromatic heterocycles. The molecule has 1 heterocycles. The van der Waals surface area contributed by atoms with Crippen LogP contribution in [0.25, 0.3) is 34.4 Å². The minimum Gasteiger partial charge on any atom is -0.469 e. The Balaban J connectivity index is 2.23. The van der Waals surface area contributed by atoms with Crippen molar-refractivity contribution >= 4 is 35.7 Å². The number of Topliss-reactive ketones (excluding diaryl/α,β-unsaturated/α-hetero) is 2. The van der Waals surface area contributed by atoms with E-state index in [2.05, 4.69) is 9.47 Å². The second-order valence-corrected chi connectivity index (χ2v) is 10.8. The summed E-state index contributed by atoms with van der Waals surface area (Å²) in [6, 6.07) is 11.2. The lowest BCUT2D eigenvalue weighted by Gasteiger charge is -2.16. The molecule has 3 rings (SSSR count). The Hall–Kier alpha value is -4.74. The third kappa shape index (κ3) is 9.63. The van der Waals surface area contributed by atoms with Crippen LogP contribution in [0.2, 0.25) is 0 Å². The first-order valence-corrected chi connectivity index (χ1v) is 14.5. The zero-order valence-electron chi connectivity index (χ0n) is 26.0. The van der Waals surface area contributed by atoms with E-state index in [0.717, 1.165) is 14.2 Å². The van der Waals surface area contributed by atoms with E-state index >= 15 is 0 Å². The van der Waals surface area contributed by atoms with Crippen molar-refractivity contribution in [1.82, 2.24) is 4.57 Å². The predicted molar refractivity (Wildman–Crippen MR) is 168 cm³/mol. The number of nitrogens with zero attached hydrogens (tertiary/aromatic N) is 1. The lowest BCUT2D eigenvalue weighted by Crippen LogP contribution is -2.15. The molecule has 0 radical (unpaired) electrons. The molecule has 0 aliphatic heterocycles. The van der Waals surface area contributed by atoms with E-state index in [1.165, 1.54) is 36.4 Å². The Morgan fingerprint density at radius 3 is 1.35 bits per heavy atom. The SMILES string of the molecule is COC(=O)CC(=O)CC(O)C=Cc1c(-c2ccc(F)cc2)c(-c2ccc(F)cc2)c(C=CC(O)CC(=O)CC(=O)OC)n1C(C)C. The van der Waals surface area contributed by atoms with Gasteiger partial charge in [-0.05, 0) is 61.4 Å². The van der Waals surface area contributed by atoms with Gasteiger partial charge in [0.25, 0.3) is 0 Å². The summed E-state index contributed by atoms with van der Waals surface area (Å²) in [6.07, 6.45) is 1.83. The van der Waals surface area contributed by atoms with Crippen LogP contribution in [0.3, 0.4) is 0 Å². The number of ketones is 2. The number of methoxy groups -OCH3 is 2. The number of rotatable bonds is 15. The molecule has 0 amide bonds. The number of carbonyl (C=O) groups is 4. The number of aromatic nitrogens is 1. The van der Waals surface area contributed by atoms with Gasteiger partial charge in [0.1, 0.15) is 36.0 Å². The topological polar surface area (TPSA) is 132 Å². The first kappa shape index (κ1) is 35.7. The molecule has 9 nitrogen and oxygen atoms in total. The van der Waals surface area contributed by atoms with Crippen molar-refractivity contribution in [1.29, 1.82) is 0 Å². The predicted octanol–water partition coefficient (Wildman–Crippen LogP) is 5.47. The van der Waals surface area contributed by atoms with E-state index in [1.807, 2.05) is 18.4 Å². The van der Waals surface area contributed by atoms with Crippen molar-refractivity contribution in [2.24, 2.45) is 0 Å². The molecule has 0 aliphatic rings. The van der Waals surface area contributed by atoms with Gasteiger partial charge in [-0.15, -0.1) is 0 Å². The molecule has 0 fully saturated rings. The maximum absolute atomic E-state index is 14.0. The minimum absolute atomic E-state index is 0.246. The molecule has 0 bridgehead atoms. The van der Waals surface area contributed by atoms with Gasteiger partial charge in [-0.2, -0.15) is 0 Å². The molecule has 3 aromatic rings. The highest BCUT2D eigenvalue weighted by atomic mass is 19.1. The average molecular weight is 638 g/mol. The van der Waals surface area contributed by atoms with Crippen LogP contribution >= 0.6 is 0 Å². The molecule has 2 aromatic carbocycles. The maximum atomic E-state index is 14.0. The summed E-state index contributed by atoms with van der Waals surface area (Å²) in [5, 5.41) is 21.4. The zero-order valence-corrected chi connectivity index (χ0v) is 26.0. The highest BCUT2D eigenvalue weighted by Crippen LogP contribution is 2.43. The van der Waals surface area contributed by atoms with Crippen LogP contribution in [0.1, 0.15) is 57.0 Å². The number of hydrogen-bond donors (Lipinski definition) is 2. The normalized spacial score (nSPS) is 12.9. The molecule has 0 aliphatic carbocycles. The van der Waals surface area contributed by atoms with Gasteiger partial charge in [0.2, 0.25) is 0 Å². The fourth-order valence-electron chi connectivity index (χ4n) is 4.95. The van der Waals surface area contributed by atoms with Crippen LogP contribution < -0.4 is 0 Å². The van der Waals surface area contributed by atoms with Crippen LogP contribution in [0.15, 0.2) is 60.7 Å². The van der Waals surface area contributed by atoms with E-state index in [4.69, 9.17) is 0 Å². The number of benzene rings is 2. The maximum Gasteiger partial charge on any atom is 0.313 e. The Bertz CT molecular complexity index is 1490. The number of hydrogen-bond acceptors (Lipinski definition) is 8. The fraction of sp³-hybridized carbons (Fsp3) is 0.314. The number of aliphatic hydroxyl groups excluding tert-OH is 2. The van der Waals surface area contributed by atoms with Crippen molar-refractivity contribution in [3.8, 4) is 22.3 Å². The smallest absolute Gasteiger partial charge is 0.313 e. The van der Waals surface area contributed by atoms with Crippen LogP contribution in [0, 0.1) is 11.6 Å². The lowest BCUT2D eigenvalue weighted by atomic mass is 9.94. The lowest BCUT2D eigenvalue weighted by molar-refractivity contribution is -0.145. The second kappa shape index (κ2) is 16.5. The van der Waals surface area contributed by atoms with E-state index in [1.54, 1.807) is 36.4 Å². The van der Waals surface area contributed by atoms with Gasteiger partial charge in [-0.1, -0.05) is 36.4 Å². The van der Waals surface area contributed by atoms with Crippen LogP contribution in [0.4, 0.5) is 8.78 Å². The summed E-state index contributed by atoms with van der Waals surface area (Å²) in [5.41, 5.74) is 3.41. The van der Waals surface area contributed by atoms with Gasteiger partial charge in [0.15, 0.2) is 0 Å². The molecule has 0 spiro atoms. The highest BCUT2D eigenvalue weighted by molar-refractivity contribution is 5.97. The fourth-order valence-corrected chi connectivity index (χ4v) is 4.95. The number of aliphatic hydroxyl groups is 2. The van der Waals surface area contributed by atoms with Gasteiger partial charge in [0, 0.05) is 41.4 Å². The van der Waals surface area contributed by atoms with Crippen LogP contribution in [-0.2, 0) is 28.7 Å². The first-order valence-electron chi connectivity index (χ1n) is 14.5. The molecule has 11 heteroatoms. The quantitative estimate of drug-likeness (QED) is 0.166. The summed E-state index contributed by atoms with van der Waals surface area (Å²) in [4.78, 5) is 47.5. The average Bonchev–Trinajstić information content (AvgIpc) is 3.33. The summed E-state index contributed by atoms with van der Waals surface area (Å²) >= 11 is 0. The number of carbonyl (C=O) groups excluding carboxylic acids is 4. The molecule has 46 heavy (non-hydrogen) atoms. The monoisotopic (exact) mass is 637 g/mol. The standard InChI is InChI=1S/C35H37F2NO8/c1-21(2)38-30(15-13-26(39)17-28(41)19-32(43)45-3)34(22-5-9-24(36)10-6-22)35(23-7-11-25(37)12-8-23)31(38)16-14-27(40)18-29(42)20-33(44)46-4/h5-16,21,26-27,39-40H,17-20H2,1-4H3. The molecule has 0 saturated heterocycles. The Labute approximate surface area is 265 Å². The van der Waals surface area contributed by atoms with E-state index in [0.29, 0.717) is 33.6 Å². The van der Waals surface area contributed by atoms with E-state index in [-0.39, 0.29) is 18.9 Å². The number of esters is 2. The summed E-state index contributed by atoms with van der Waals surface area (Å²) < 4.78 is 39.0. The van der Waals surface area contributed by atoms with Crippen molar-refractivity contribution < 1.29 is 47.6 Å². The molecule has 0 saturated carbocycles. The Kier molecular flexibility index (Phi) is 12.8. The molecule has 244 valence electrons. The van der Waals surface area contributed by atoms with Gasteiger partial charge in [0.05, 0.1) is 26.4 Å². The summed E-state index contributed by atoms with van der Waals surface area (Å²) in [5.74, 6) is -3.41. The van der Waals surface area contributed by atoms with Crippen molar-refractivity contribution in [2.75, 3.05) is 14.2 Å². The molecular weight excluding hydrogens is 600 g/mol. The van der Waals surface area contributed by atoms with Gasteiger partial charge < -0.3 is 24.3 Å². The van der Waals surface area contributed by atoms with Crippen molar-refractivity contribution in [3.63, 3.8) is 0 Å². The molecule has 2 atom stereocenters. The largest absolute Gasteiger partial charge is 0.469 e. The van der Waals surface area contributed by atoms with Crippen molar-refractivity contribution in [2.45, 2.75) is 57.8 Å². The third-order valence-electron chi connectivity index (χ3n) is 7.03. The number of halogens is 2. The van der Waals surface area contributed by atoms with Crippen molar-refractivity contribution in [3.05, 3.63) is 83.7 Å². The van der Waals surface area contributed by atoms with Gasteiger partial charge >= 0.3 is 11.9 Å². The van der Waals surface area contributed by atoms with Crippen LogP contribution in [0.5, 0.6) is 0 Å². The number of ether oxygens (including phenoxy) is 2. The minimum atomic E-state index is -1.26. The first-order chi connectivity index (χ1) is 21.8. The van der Waals surface area contributed by atoms with Gasteiger partial charge in [-0.25, -0.2) is 8.78 Å². The van der Waals surface area contributed by atoms with Crippen LogP contribution in [-0.4, -0.2) is 64.7 Å². The molecule has 2 N–H and O–H groups in total. The Morgan fingerprint density at radius 1 is 0.696 bits per heavy atom. The van der Waals surface area contributed by atoms with E-state index in [9.17, 15) is 38.2 Å². The third-order valence-corrected chi connectivity index (χ3v) is 7.03. The molecular formula is C35H37F2NO8. The van der Waals surface area contributed by atoms with E-state index < -0.39 is 60.2 Å². The van der Waals surface area contributed by atoms with Gasteiger partial charge in [-0.3, -0.25) is 19.2 Å². The molecule has 2 unspecified atom stereocenters. The second-order valence-electron chi connectivity index (χ2n) is 10.8. The summed E-state index contributed by atoms with van der Waals surface area (Å²) in [7, 11) is 2.32. The summed E-state index contributed by atoms with van der Waals surface area (Å²) in [6.45, 7) is 3.79. The Morgan fingerprint density at radius 2 is 1.04 bits per heavy atom. The highest BCUT2D eigenvalue weighted by Gasteiger charge is 2.25.